The van der Waals surface area contributed by atoms with Gasteiger partial charge in [-0.1, -0.05) is 41.0 Å². The van der Waals surface area contributed by atoms with Crippen molar-refractivity contribution in [3.8, 4) is 22.5 Å². The second kappa shape index (κ2) is 5.26. The lowest BCUT2D eigenvalue weighted by atomic mass is 9.97. The largest absolute Gasteiger partial charge is 0.380 e. The van der Waals surface area contributed by atoms with Crippen LogP contribution in [0.4, 0.5) is 5.82 Å². The third-order valence-electron chi connectivity index (χ3n) is 3.55. The van der Waals surface area contributed by atoms with Gasteiger partial charge in [-0.3, -0.25) is 0 Å². The summed E-state index contributed by atoms with van der Waals surface area (Å²) < 4.78 is 5.47. The molecule has 0 aliphatic rings. The molecule has 106 valence electrons. The van der Waals surface area contributed by atoms with Crippen molar-refractivity contribution < 1.29 is 4.52 Å². The molecule has 3 rings (SSSR count). The summed E-state index contributed by atoms with van der Waals surface area (Å²) in [6.45, 7) is 4.00. The molecule has 21 heavy (non-hydrogen) atoms. The van der Waals surface area contributed by atoms with E-state index in [1.54, 1.807) is 0 Å². The van der Waals surface area contributed by atoms with Crippen LogP contribution in [0.2, 0.25) is 5.02 Å². The van der Waals surface area contributed by atoms with Gasteiger partial charge in [0.15, 0.2) is 11.6 Å². The molecule has 0 amide bonds. The fourth-order valence-electron chi connectivity index (χ4n) is 2.40. The normalized spacial score (nSPS) is 10.8. The first-order valence-corrected chi connectivity index (χ1v) is 7.03. The van der Waals surface area contributed by atoms with Crippen LogP contribution in [0.25, 0.3) is 22.5 Å². The number of nitrogen functional groups attached to an aromatic ring is 1. The Balaban J connectivity index is 2.22. The summed E-state index contributed by atoms with van der Waals surface area (Å²) in [5.74, 6) is 1.06. The summed E-state index contributed by atoms with van der Waals surface area (Å²) in [6, 6.07) is 13.8. The van der Waals surface area contributed by atoms with Crippen molar-refractivity contribution in [2.45, 2.75) is 13.8 Å². The molecule has 0 saturated carbocycles. The molecule has 4 heteroatoms. The topological polar surface area (TPSA) is 52.0 Å². The average Bonchev–Trinajstić information content (AvgIpc) is 2.84. The van der Waals surface area contributed by atoms with Gasteiger partial charge in [-0.15, -0.1) is 0 Å². The van der Waals surface area contributed by atoms with Gasteiger partial charge in [-0.2, -0.15) is 0 Å². The molecule has 0 aliphatic carbocycles. The zero-order chi connectivity index (χ0) is 15.0. The fraction of sp³-hybridized carbons (Fsp3) is 0.118. The highest BCUT2D eigenvalue weighted by Crippen LogP contribution is 2.38. The molecular weight excluding hydrogens is 284 g/mol. The van der Waals surface area contributed by atoms with Crippen LogP contribution in [0.5, 0.6) is 0 Å². The standard InChI is InChI=1S/C17H15ClN2O/c1-10-5-3-4-6-13(10)15-16(21-20-17(15)19)12-7-8-14(18)11(2)9-12/h3-9H,1-2H3,(H2,19,20). The maximum atomic E-state index is 6.08. The zero-order valence-electron chi connectivity index (χ0n) is 11.9. The summed E-state index contributed by atoms with van der Waals surface area (Å²) in [5, 5.41) is 4.66. The lowest BCUT2D eigenvalue weighted by molar-refractivity contribution is 0.436. The van der Waals surface area contributed by atoms with Gasteiger partial charge in [0, 0.05) is 10.6 Å². The van der Waals surface area contributed by atoms with E-state index in [4.69, 9.17) is 21.9 Å². The van der Waals surface area contributed by atoms with Gasteiger partial charge in [0.05, 0.1) is 5.56 Å². The molecule has 0 spiro atoms. The monoisotopic (exact) mass is 298 g/mol. The SMILES string of the molecule is Cc1cc(-c2onc(N)c2-c2ccccc2C)ccc1Cl. The minimum atomic E-state index is 0.395. The highest BCUT2D eigenvalue weighted by molar-refractivity contribution is 6.31. The van der Waals surface area contributed by atoms with Crippen molar-refractivity contribution in [3.05, 3.63) is 58.6 Å². The smallest absolute Gasteiger partial charge is 0.176 e. The molecule has 3 aromatic rings. The molecule has 2 N–H and O–H groups in total. The number of rotatable bonds is 2. The minimum absolute atomic E-state index is 0.395. The van der Waals surface area contributed by atoms with Gasteiger partial charge in [0.1, 0.15) is 0 Å². The van der Waals surface area contributed by atoms with Gasteiger partial charge >= 0.3 is 0 Å². The Morgan fingerprint density at radius 3 is 2.52 bits per heavy atom. The summed E-state index contributed by atoms with van der Waals surface area (Å²) in [6.07, 6.45) is 0. The van der Waals surface area contributed by atoms with Crippen LogP contribution < -0.4 is 5.73 Å². The second-order valence-electron chi connectivity index (χ2n) is 5.05. The number of aromatic nitrogens is 1. The Kier molecular flexibility index (Phi) is 3.43. The Labute approximate surface area is 128 Å². The molecule has 0 aliphatic heterocycles. The molecule has 1 aromatic heterocycles. The van der Waals surface area contributed by atoms with Gasteiger partial charge in [0.2, 0.25) is 0 Å². The second-order valence-corrected chi connectivity index (χ2v) is 5.46. The molecule has 1 heterocycles. The average molecular weight is 299 g/mol. The Bertz CT molecular complexity index is 808. The lowest BCUT2D eigenvalue weighted by Gasteiger charge is -2.07. The predicted molar refractivity (Wildman–Crippen MR) is 86.3 cm³/mol. The van der Waals surface area contributed by atoms with E-state index in [-0.39, 0.29) is 0 Å². The predicted octanol–water partition coefficient (Wildman–Crippen LogP) is 4.86. The van der Waals surface area contributed by atoms with E-state index >= 15 is 0 Å². The van der Waals surface area contributed by atoms with Gasteiger partial charge in [-0.05, 0) is 48.7 Å². The molecule has 0 saturated heterocycles. The molecule has 0 atom stereocenters. The molecular formula is C17H15ClN2O. The molecule has 3 nitrogen and oxygen atoms in total. The van der Waals surface area contributed by atoms with E-state index in [1.165, 1.54) is 0 Å². The van der Waals surface area contributed by atoms with E-state index in [2.05, 4.69) is 5.16 Å². The Morgan fingerprint density at radius 2 is 1.81 bits per heavy atom. The number of nitrogens with two attached hydrogens (primary N) is 1. The summed E-state index contributed by atoms with van der Waals surface area (Å²) >= 11 is 6.08. The first kappa shape index (κ1) is 13.7. The maximum Gasteiger partial charge on any atom is 0.176 e. The third-order valence-corrected chi connectivity index (χ3v) is 3.98. The van der Waals surface area contributed by atoms with Crippen LogP contribution in [0.15, 0.2) is 47.0 Å². The van der Waals surface area contributed by atoms with Crippen LogP contribution >= 0.6 is 11.6 Å². The van der Waals surface area contributed by atoms with Crippen LogP contribution in [0, 0.1) is 13.8 Å². The third kappa shape index (κ3) is 2.41. The summed E-state index contributed by atoms with van der Waals surface area (Å²) in [7, 11) is 0. The number of benzene rings is 2. The molecule has 2 aromatic carbocycles. The van der Waals surface area contributed by atoms with Crippen molar-refractivity contribution in [3.63, 3.8) is 0 Å². The number of anilines is 1. The van der Waals surface area contributed by atoms with Crippen LogP contribution in [-0.4, -0.2) is 5.16 Å². The van der Waals surface area contributed by atoms with Gasteiger partial charge in [-0.25, -0.2) is 0 Å². The molecule has 0 unspecified atom stereocenters. The minimum Gasteiger partial charge on any atom is -0.380 e. The number of hydrogen-bond acceptors (Lipinski definition) is 3. The van der Waals surface area contributed by atoms with Crippen molar-refractivity contribution >= 4 is 17.4 Å². The molecule has 0 bridgehead atoms. The fourth-order valence-corrected chi connectivity index (χ4v) is 2.52. The summed E-state index contributed by atoms with van der Waals surface area (Å²) in [5.41, 5.74) is 10.9. The molecule has 0 fully saturated rings. The van der Waals surface area contributed by atoms with E-state index in [0.29, 0.717) is 11.6 Å². The van der Waals surface area contributed by atoms with E-state index < -0.39 is 0 Å². The number of nitrogens with zero attached hydrogens (tertiary/aromatic N) is 1. The first-order chi connectivity index (χ1) is 10.1. The highest BCUT2D eigenvalue weighted by Gasteiger charge is 2.19. The van der Waals surface area contributed by atoms with Crippen molar-refractivity contribution in [1.29, 1.82) is 0 Å². The van der Waals surface area contributed by atoms with Crippen LogP contribution in [0.1, 0.15) is 11.1 Å². The Hall–Kier alpha value is -2.26. The van der Waals surface area contributed by atoms with Gasteiger partial charge in [0.25, 0.3) is 0 Å². The van der Waals surface area contributed by atoms with E-state index in [0.717, 1.165) is 32.8 Å². The van der Waals surface area contributed by atoms with Crippen molar-refractivity contribution in [2.75, 3.05) is 5.73 Å². The first-order valence-electron chi connectivity index (χ1n) is 6.65. The van der Waals surface area contributed by atoms with Gasteiger partial charge < -0.3 is 10.3 Å². The van der Waals surface area contributed by atoms with Crippen molar-refractivity contribution in [1.82, 2.24) is 5.16 Å². The quantitative estimate of drug-likeness (QED) is 0.735. The van der Waals surface area contributed by atoms with Crippen molar-refractivity contribution in [2.24, 2.45) is 0 Å². The summed E-state index contributed by atoms with van der Waals surface area (Å²) in [4.78, 5) is 0. The number of aryl methyl sites for hydroxylation is 2. The molecule has 0 radical (unpaired) electrons. The lowest BCUT2D eigenvalue weighted by Crippen LogP contribution is -1.91. The zero-order valence-corrected chi connectivity index (χ0v) is 12.6. The number of halogens is 1. The maximum absolute atomic E-state index is 6.08. The van der Waals surface area contributed by atoms with Crippen LogP contribution in [0.3, 0.4) is 0 Å². The Morgan fingerprint density at radius 1 is 1.05 bits per heavy atom. The van der Waals surface area contributed by atoms with E-state index in [1.807, 2.05) is 56.3 Å². The highest BCUT2D eigenvalue weighted by atomic mass is 35.5. The van der Waals surface area contributed by atoms with Crippen LogP contribution in [-0.2, 0) is 0 Å². The van der Waals surface area contributed by atoms with E-state index in [9.17, 15) is 0 Å². The number of hydrogen-bond donors (Lipinski definition) is 1.